The average molecular weight is 182 g/mol. The van der Waals surface area contributed by atoms with Crippen molar-refractivity contribution in [2.24, 2.45) is 6.98 Å². The van der Waals surface area contributed by atoms with Gasteiger partial charge in [-0.3, -0.25) is 0 Å². The number of hydrogen-bond donors (Lipinski definition) is 0. The predicted octanol–water partition coefficient (Wildman–Crippen LogP) is 0.886. The van der Waals surface area contributed by atoms with Crippen LogP contribution in [0.4, 0.5) is 0 Å². The van der Waals surface area contributed by atoms with E-state index >= 15 is 0 Å². The van der Waals surface area contributed by atoms with Gasteiger partial charge in [0.2, 0.25) is 0 Å². The minimum Gasteiger partial charge on any atom is -0.241 e. The molecule has 4 heteroatoms. The molecule has 0 fully saturated rings. The highest BCUT2D eigenvalue weighted by atomic mass is 79.9. The molecule has 0 aromatic carbocycles. The molecule has 0 saturated heterocycles. The van der Waals surface area contributed by atoms with Crippen molar-refractivity contribution in [3.8, 4) is 0 Å². The Balaban J connectivity index is 3.23. The maximum Gasteiger partial charge on any atom is 0.126 e. The molecule has 0 radical (unpaired) electrons. The number of nitrogens with zero attached hydrogens (tertiary/aromatic N) is 3. The number of aryl methyl sites for hydroxylation is 2. The molecule has 1 heterocycles. The normalized spacial score (nSPS) is 24.1. The van der Waals surface area contributed by atoms with Crippen molar-refractivity contribution in [1.29, 1.82) is 0 Å². The molecule has 0 unspecified atom stereocenters. The SMILES string of the molecule is [2H]C([2H])([2H])c1nnn(C([2H])([2H])[2H])c1Br. The lowest BCUT2D eigenvalue weighted by molar-refractivity contribution is 0.702. The second kappa shape index (κ2) is 1.85. The number of rotatable bonds is 0. The third-order valence-corrected chi connectivity index (χ3v) is 1.33. The molecule has 3 nitrogen and oxygen atoms in total. The fourth-order valence-electron chi connectivity index (χ4n) is 0.270. The van der Waals surface area contributed by atoms with Crippen molar-refractivity contribution in [3.63, 3.8) is 0 Å². The summed E-state index contributed by atoms with van der Waals surface area (Å²) in [7, 11) is 0. The van der Waals surface area contributed by atoms with E-state index in [1.807, 2.05) is 0 Å². The Kier molecular flexibility index (Phi) is 0.417. The lowest BCUT2D eigenvalue weighted by atomic mass is 10.6. The summed E-state index contributed by atoms with van der Waals surface area (Å²) in [4.78, 5) is 0. The van der Waals surface area contributed by atoms with Crippen LogP contribution < -0.4 is 0 Å². The average Bonchev–Trinajstić information content (AvgIpc) is 2.26. The van der Waals surface area contributed by atoms with Gasteiger partial charge < -0.3 is 0 Å². The maximum atomic E-state index is 7.04. The van der Waals surface area contributed by atoms with Crippen molar-refractivity contribution >= 4 is 15.9 Å². The molecule has 44 valence electrons. The number of halogens is 1. The Labute approximate surface area is 64.3 Å². The Bertz CT molecular complexity index is 306. The molecule has 8 heavy (non-hydrogen) atoms. The molecule has 1 aromatic heterocycles. The minimum atomic E-state index is -2.53. The first-order valence-electron chi connectivity index (χ1n) is 4.76. The molecule has 0 atom stereocenters. The summed E-state index contributed by atoms with van der Waals surface area (Å²) in [6.45, 7) is -5.00. The van der Waals surface area contributed by atoms with Crippen LogP contribution in [0.3, 0.4) is 0 Å². The molecular formula is C4H6BrN3. The minimum absolute atomic E-state index is 0.141. The summed E-state index contributed by atoms with van der Waals surface area (Å²) in [6.07, 6.45) is 0. The van der Waals surface area contributed by atoms with E-state index in [-0.39, 0.29) is 10.3 Å². The van der Waals surface area contributed by atoms with Crippen LogP contribution in [0.25, 0.3) is 0 Å². The van der Waals surface area contributed by atoms with Gasteiger partial charge in [0.15, 0.2) is 0 Å². The highest BCUT2D eigenvalue weighted by Gasteiger charge is 1.98. The van der Waals surface area contributed by atoms with E-state index in [1.165, 1.54) is 0 Å². The number of aromatic nitrogens is 3. The molecule has 1 rings (SSSR count). The van der Waals surface area contributed by atoms with Crippen LogP contribution in [0.2, 0.25) is 0 Å². The molecule has 0 amide bonds. The zero-order valence-electron chi connectivity index (χ0n) is 9.72. The Hall–Kier alpha value is -0.380. The second-order valence-electron chi connectivity index (χ2n) is 1.14. The first-order valence-corrected chi connectivity index (χ1v) is 2.55. The molecule has 0 aliphatic carbocycles. The summed E-state index contributed by atoms with van der Waals surface area (Å²) >= 11 is 2.84. The topological polar surface area (TPSA) is 30.7 Å². The lowest BCUT2D eigenvalue weighted by Crippen LogP contribution is -1.88. The van der Waals surface area contributed by atoms with Crippen LogP contribution in [0.5, 0.6) is 0 Å². The van der Waals surface area contributed by atoms with Crippen molar-refractivity contribution < 1.29 is 8.22 Å². The fraction of sp³-hybridized carbons (Fsp3) is 0.500. The Morgan fingerprint density at radius 2 is 2.75 bits per heavy atom. The lowest BCUT2D eigenvalue weighted by Gasteiger charge is -1.85. The summed E-state index contributed by atoms with van der Waals surface area (Å²) in [5.41, 5.74) is -0.353. The second-order valence-corrected chi connectivity index (χ2v) is 1.89. The first-order chi connectivity index (χ1) is 6.14. The van der Waals surface area contributed by atoms with Crippen LogP contribution in [-0.2, 0) is 6.98 Å². The van der Waals surface area contributed by atoms with Gasteiger partial charge in [-0.05, 0) is 22.8 Å². The van der Waals surface area contributed by atoms with Crippen LogP contribution in [-0.4, -0.2) is 15.0 Å². The summed E-state index contributed by atoms with van der Waals surface area (Å²) < 4.78 is 42.6. The summed E-state index contributed by atoms with van der Waals surface area (Å²) in [5, 5.41) is 6.55. The van der Waals surface area contributed by atoms with Crippen molar-refractivity contribution in [3.05, 3.63) is 10.3 Å². The van der Waals surface area contributed by atoms with Gasteiger partial charge in [-0.15, -0.1) is 5.10 Å². The van der Waals surface area contributed by atoms with Crippen molar-refractivity contribution in [2.75, 3.05) is 0 Å². The van der Waals surface area contributed by atoms with Crippen molar-refractivity contribution in [1.82, 2.24) is 15.0 Å². The van der Waals surface area contributed by atoms with E-state index in [0.717, 1.165) is 0 Å². The smallest absolute Gasteiger partial charge is 0.126 e. The van der Waals surface area contributed by atoms with E-state index in [2.05, 4.69) is 26.2 Å². The van der Waals surface area contributed by atoms with Crippen LogP contribution >= 0.6 is 15.9 Å². The summed E-state index contributed by atoms with van der Waals surface area (Å²) in [5.74, 6) is 0. The van der Waals surface area contributed by atoms with Crippen LogP contribution in [0.15, 0.2) is 4.60 Å². The van der Waals surface area contributed by atoms with Gasteiger partial charge in [-0.25, -0.2) is 4.68 Å². The van der Waals surface area contributed by atoms with Gasteiger partial charge in [0.25, 0.3) is 0 Å². The van der Waals surface area contributed by atoms with E-state index < -0.39 is 13.8 Å². The van der Waals surface area contributed by atoms with Crippen LogP contribution in [0.1, 0.15) is 13.9 Å². The van der Waals surface area contributed by atoms with E-state index in [9.17, 15) is 0 Å². The van der Waals surface area contributed by atoms with Gasteiger partial charge in [-0.1, -0.05) is 5.21 Å². The standard InChI is InChI=1S/C4H6BrN3/c1-3-4(5)8(2)7-6-3/h1-2H3/i1D3,2D3. The molecule has 0 bridgehead atoms. The van der Waals surface area contributed by atoms with E-state index in [4.69, 9.17) is 8.22 Å². The predicted molar refractivity (Wildman–Crippen MR) is 33.4 cm³/mol. The quantitative estimate of drug-likeness (QED) is 0.596. The van der Waals surface area contributed by atoms with Gasteiger partial charge in [0.05, 0.1) is 5.69 Å². The third kappa shape index (κ3) is 0.753. The zero-order valence-corrected chi connectivity index (χ0v) is 5.31. The molecule has 1 aromatic rings. The molecule has 0 aliphatic rings. The van der Waals surface area contributed by atoms with E-state index in [1.54, 1.807) is 0 Å². The third-order valence-electron chi connectivity index (χ3n) is 0.616. The van der Waals surface area contributed by atoms with Gasteiger partial charge in [0.1, 0.15) is 4.60 Å². The van der Waals surface area contributed by atoms with Gasteiger partial charge in [-0.2, -0.15) is 0 Å². The zero-order chi connectivity index (χ0) is 11.1. The highest BCUT2D eigenvalue weighted by molar-refractivity contribution is 9.10. The van der Waals surface area contributed by atoms with Gasteiger partial charge in [0, 0.05) is 15.2 Å². The van der Waals surface area contributed by atoms with Crippen molar-refractivity contribution in [2.45, 2.75) is 6.85 Å². The van der Waals surface area contributed by atoms with Crippen LogP contribution in [0, 0.1) is 6.85 Å². The molecule has 0 spiro atoms. The fourth-order valence-corrected chi connectivity index (χ4v) is 0.421. The Morgan fingerprint density at radius 3 is 3.12 bits per heavy atom. The van der Waals surface area contributed by atoms with E-state index in [0.29, 0.717) is 4.68 Å². The highest BCUT2D eigenvalue weighted by Crippen LogP contribution is 2.09. The first kappa shape index (κ1) is 1.80. The monoisotopic (exact) mass is 181 g/mol. The molecule has 0 saturated carbocycles. The largest absolute Gasteiger partial charge is 0.241 e. The summed E-state index contributed by atoms with van der Waals surface area (Å²) in [6, 6.07) is 0. The molecular weight excluding hydrogens is 170 g/mol. The Morgan fingerprint density at radius 1 is 1.88 bits per heavy atom. The van der Waals surface area contributed by atoms with Gasteiger partial charge >= 0.3 is 0 Å². The maximum absolute atomic E-state index is 7.04. The number of hydrogen-bond acceptors (Lipinski definition) is 2. The molecule has 0 aliphatic heterocycles. The molecule has 0 N–H and O–H groups in total.